The number of fused-ring (bicyclic) bond motifs is 1. The summed E-state index contributed by atoms with van der Waals surface area (Å²) in [7, 11) is -8.18. The molecule has 2 aromatic heterocycles. The van der Waals surface area contributed by atoms with Crippen LogP contribution in [0.15, 0.2) is 36.5 Å². The first-order valence-electron chi connectivity index (χ1n) is 11.6. The van der Waals surface area contributed by atoms with Crippen LogP contribution in [-0.4, -0.2) is 72.8 Å². The summed E-state index contributed by atoms with van der Waals surface area (Å²) in [6.07, 6.45) is 0.631. The average Bonchev–Trinajstić information content (AvgIpc) is 3.45. The van der Waals surface area contributed by atoms with Crippen LogP contribution in [0.25, 0.3) is 5.52 Å². The smallest absolute Gasteiger partial charge is 0.340 e. The number of halogens is 2. The Morgan fingerprint density at radius 1 is 1.26 bits per heavy atom. The molecule has 0 saturated carbocycles. The van der Waals surface area contributed by atoms with Crippen molar-refractivity contribution >= 4 is 38.0 Å². The van der Waals surface area contributed by atoms with Gasteiger partial charge in [-0.25, -0.2) is 13.9 Å². The highest BCUT2D eigenvalue weighted by atomic mass is 35.5. The first-order chi connectivity index (χ1) is 17.9. The molecule has 0 aliphatic carbocycles. The molecule has 1 fully saturated rings. The van der Waals surface area contributed by atoms with Crippen molar-refractivity contribution in [1.29, 1.82) is 0 Å². The van der Waals surface area contributed by atoms with Gasteiger partial charge in [0.1, 0.15) is 23.3 Å². The predicted octanol–water partition coefficient (Wildman–Crippen LogP) is 3.12. The summed E-state index contributed by atoms with van der Waals surface area (Å²) < 4.78 is 49.0. The van der Waals surface area contributed by atoms with Gasteiger partial charge in [-0.1, -0.05) is 29.8 Å². The van der Waals surface area contributed by atoms with E-state index < -0.39 is 39.9 Å². The number of ether oxygens (including phenoxy) is 1. The van der Waals surface area contributed by atoms with Crippen molar-refractivity contribution in [3.63, 3.8) is 0 Å². The molecule has 38 heavy (non-hydrogen) atoms. The van der Waals surface area contributed by atoms with Gasteiger partial charge in [0, 0.05) is 31.7 Å². The predicted molar refractivity (Wildman–Crippen MR) is 137 cm³/mol. The molecule has 16 heteroatoms. The fourth-order valence-corrected chi connectivity index (χ4v) is 7.34. The number of imidazole rings is 1. The highest BCUT2D eigenvalue weighted by molar-refractivity contribution is 7.70. The van der Waals surface area contributed by atoms with Crippen LogP contribution in [0.1, 0.15) is 30.3 Å². The quantitative estimate of drug-likeness (QED) is 0.242. The summed E-state index contributed by atoms with van der Waals surface area (Å²) in [4.78, 5) is 34.0. The Balaban J connectivity index is 1.55. The Morgan fingerprint density at radius 3 is 2.68 bits per heavy atom. The first kappa shape index (κ1) is 29.1. The molecule has 1 aromatic carbocycles. The third-order valence-electron chi connectivity index (χ3n) is 6.28. The third kappa shape index (κ3) is 6.80. The summed E-state index contributed by atoms with van der Waals surface area (Å²) in [5, 5.41) is 15.2. The van der Waals surface area contributed by atoms with E-state index in [9.17, 15) is 23.5 Å². The first-order valence-corrected chi connectivity index (χ1v) is 15.6. The average molecular weight is 593 g/mol. The molecular weight excluding hydrogens is 565 g/mol. The molecule has 4 N–H and O–H groups in total. The fraction of sp³-hybridized carbons (Fsp3) is 0.455. The Labute approximate surface area is 222 Å². The molecule has 12 nitrogen and oxygen atoms in total. The largest absolute Gasteiger partial charge is 0.390 e. The van der Waals surface area contributed by atoms with Crippen molar-refractivity contribution in [3.8, 4) is 0 Å². The monoisotopic (exact) mass is 592 g/mol. The van der Waals surface area contributed by atoms with E-state index in [0.717, 1.165) is 12.8 Å². The third-order valence-corrected chi connectivity index (χ3v) is 9.92. The van der Waals surface area contributed by atoms with E-state index >= 15 is 0 Å². The number of methoxy groups -OCH3 is 1. The molecular formula is C22H28ClFN4O8P2. The van der Waals surface area contributed by atoms with E-state index in [0.29, 0.717) is 29.1 Å². The summed E-state index contributed by atoms with van der Waals surface area (Å²) >= 11 is 6.34. The molecule has 1 saturated heterocycles. The lowest BCUT2D eigenvalue weighted by molar-refractivity contribution is -0.0370. The normalized spacial score (nSPS) is 19.6. The van der Waals surface area contributed by atoms with Gasteiger partial charge < -0.3 is 33.9 Å². The molecule has 0 radical (unpaired) electrons. The summed E-state index contributed by atoms with van der Waals surface area (Å²) in [6, 6.07) is 8.10. The highest BCUT2D eigenvalue weighted by Crippen LogP contribution is 2.55. The molecule has 3 heterocycles. The van der Waals surface area contributed by atoms with Crippen LogP contribution >= 0.6 is 26.8 Å². The van der Waals surface area contributed by atoms with Crippen molar-refractivity contribution in [2.24, 2.45) is 0 Å². The van der Waals surface area contributed by atoms with Crippen LogP contribution in [0.2, 0.25) is 5.15 Å². The SMILES string of the molecule is CO[C@H](COP(=O)(O)CP(=O)(O)O)[C@@H](O)Cc1ncc2c(N3CCC[C@H]3c3ccccc3F)cc(Cl)nn12. The number of anilines is 1. The van der Waals surface area contributed by atoms with E-state index in [1.54, 1.807) is 30.5 Å². The molecule has 0 spiro atoms. The summed E-state index contributed by atoms with van der Waals surface area (Å²) in [6.45, 7) is 0.0589. The van der Waals surface area contributed by atoms with Crippen molar-refractivity contribution in [2.45, 2.75) is 37.5 Å². The zero-order valence-electron chi connectivity index (χ0n) is 20.3. The number of hydrogen-bond acceptors (Lipinski definition) is 8. The fourth-order valence-electron chi connectivity index (χ4n) is 4.59. The maximum absolute atomic E-state index is 14.6. The lowest BCUT2D eigenvalue weighted by Gasteiger charge is -2.28. The van der Waals surface area contributed by atoms with Gasteiger partial charge >= 0.3 is 15.2 Å². The Hall–Kier alpha value is -1.92. The molecule has 4 atom stereocenters. The van der Waals surface area contributed by atoms with Gasteiger partial charge in [0.2, 0.25) is 0 Å². The van der Waals surface area contributed by atoms with E-state index in [4.69, 9.17) is 30.6 Å². The van der Waals surface area contributed by atoms with Crippen molar-refractivity contribution in [2.75, 3.05) is 31.1 Å². The van der Waals surface area contributed by atoms with Crippen LogP contribution in [0.5, 0.6) is 0 Å². The highest BCUT2D eigenvalue weighted by Gasteiger charge is 2.34. The molecule has 3 aromatic rings. The standard InChI is InChI=1S/C22H28ClFN4O8P2/c1-35-20(12-36-38(33,34)13-37(30,31)32)19(29)10-22-25-11-18-17(9-21(23)26-28(18)22)27-8-4-7-16(27)14-5-2-3-6-15(14)24/h2-3,5-6,9,11,16,19-20,29H,4,7-8,10,12-13H2,1H3,(H,33,34)(H2,30,31,32)/t16-,19-,20+/m0/s1. The van der Waals surface area contributed by atoms with Crippen LogP contribution in [0, 0.1) is 5.82 Å². The van der Waals surface area contributed by atoms with Gasteiger partial charge in [-0.2, -0.15) is 5.10 Å². The Bertz CT molecular complexity index is 1390. The number of nitrogens with zero attached hydrogens (tertiary/aromatic N) is 4. The second-order valence-corrected chi connectivity index (χ2v) is 13.4. The molecule has 1 aliphatic rings. The molecule has 208 valence electrons. The van der Waals surface area contributed by atoms with Crippen LogP contribution in [-0.2, 0) is 24.8 Å². The van der Waals surface area contributed by atoms with E-state index in [1.807, 2.05) is 0 Å². The lowest BCUT2D eigenvalue weighted by Crippen LogP contribution is -2.34. The van der Waals surface area contributed by atoms with Crippen molar-refractivity contribution in [3.05, 3.63) is 58.9 Å². The van der Waals surface area contributed by atoms with Crippen molar-refractivity contribution < 1.29 is 42.6 Å². The maximum Gasteiger partial charge on any atom is 0.340 e. The van der Waals surface area contributed by atoms with Gasteiger partial charge in [0.15, 0.2) is 11.1 Å². The van der Waals surface area contributed by atoms with Gasteiger partial charge in [0.05, 0.1) is 30.6 Å². The Kier molecular flexibility index (Phi) is 8.93. The minimum atomic E-state index is -4.80. The topological polar surface area (TPSA) is 167 Å². The van der Waals surface area contributed by atoms with Gasteiger partial charge in [0.25, 0.3) is 0 Å². The molecule has 0 amide bonds. The Morgan fingerprint density at radius 2 is 2.00 bits per heavy atom. The van der Waals surface area contributed by atoms with E-state index in [1.165, 1.54) is 17.7 Å². The summed E-state index contributed by atoms with van der Waals surface area (Å²) in [5.41, 5.74) is 1.87. The zero-order valence-corrected chi connectivity index (χ0v) is 22.8. The molecule has 1 aliphatic heterocycles. The van der Waals surface area contributed by atoms with Crippen LogP contribution < -0.4 is 4.90 Å². The van der Waals surface area contributed by atoms with E-state index in [2.05, 4.69) is 15.0 Å². The summed E-state index contributed by atoms with van der Waals surface area (Å²) in [5.74, 6) is -1.34. The molecule has 0 bridgehead atoms. The number of rotatable bonds is 11. The maximum atomic E-state index is 14.6. The van der Waals surface area contributed by atoms with Crippen LogP contribution in [0.4, 0.5) is 10.1 Å². The van der Waals surface area contributed by atoms with Gasteiger partial charge in [-0.05, 0) is 18.9 Å². The second-order valence-electron chi connectivity index (χ2n) is 8.98. The lowest BCUT2D eigenvalue weighted by atomic mass is 10.0. The van der Waals surface area contributed by atoms with Gasteiger partial charge in [-0.3, -0.25) is 9.13 Å². The minimum Gasteiger partial charge on any atom is -0.390 e. The molecule has 4 rings (SSSR count). The number of aromatic nitrogens is 3. The number of aliphatic hydroxyl groups is 1. The zero-order chi connectivity index (χ0) is 27.7. The van der Waals surface area contributed by atoms with Crippen molar-refractivity contribution in [1.82, 2.24) is 14.6 Å². The number of benzene rings is 1. The van der Waals surface area contributed by atoms with Crippen LogP contribution in [0.3, 0.4) is 0 Å². The van der Waals surface area contributed by atoms with E-state index in [-0.39, 0.29) is 23.4 Å². The number of hydrogen-bond donors (Lipinski definition) is 4. The minimum absolute atomic E-state index is 0.117. The number of aliphatic hydroxyl groups excluding tert-OH is 1. The van der Waals surface area contributed by atoms with Gasteiger partial charge in [-0.15, -0.1) is 0 Å². The second kappa shape index (κ2) is 11.7. The molecule has 1 unspecified atom stereocenters.